The van der Waals surface area contributed by atoms with Crippen LogP contribution in [0.15, 0.2) is 27.9 Å². The topological polar surface area (TPSA) is 55.2 Å². The smallest absolute Gasteiger partial charge is 0.262 e. The number of hydrogen-bond acceptors (Lipinski definition) is 5. The number of hydrogen-bond donors (Lipinski definition) is 0. The van der Waals surface area contributed by atoms with Gasteiger partial charge in [-0.05, 0) is 54.6 Å². The second-order valence-corrected chi connectivity index (χ2v) is 8.51. The number of aromatic nitrogens is 2. The Morgan fingerprint density at radius 1 is 1.40 bits per heavy atom. The summed E-state index contributed by atoms with van der Waals surface area (Å²) in [6.45, 7) is 4.60. The van der Waals surface area contributed by atoms with Gasteiger partial charge in [0.05, 0.1) is 11.7 Å². The Kier molecular flexibility index (Phi) is 4.21. The summed E-state index contributed by atoms with van der Waals surface area (Å²) in [5.41, 5.74) is 2.00. The first-order valence-electron chi connectivity index (χ1n) is 8.30. The van der Waals surface area contributed by atoms with E-state index in [0.29, 0.717) is 18.0 Å². The molecular formula is C18H19N3O2S2. The van der Waals surface area contributed by atoms with Crippen LogP contribution in [0.5, 0.6) is 0 Å². The minimum Gasteiger partial charge on any atom is -0.334 e. The molecule has 4 rings (SSSR count). The molecule has 25 heavy (non-hydrogen) atoms. The Balaban J connectivity index is 1.61. The van der Waals surface area contributed by atoms with Gasteiger partial charge in [-0.3, -0.25) is 14.2 Å². The van der Waals surface area contributed by atoms with Gasteiger partial charge in [0, 0.05) is 17.5 Å². The maximum Gasteiger partial charge on any atom is 0.262 e. The third-order valence-corrected chi connectivity index (χ3v) is 6.55. The Labute approximate surface area is 153 Å². The molecule has 3 aromatic rings. The molecule has 5 nitrogen and oxygen atoms in total. The molecule has 1 fully saturated rings. The van der Waals surface area contributed by atoms with E-state index >= 15 is 0 Å². The summed E-state index contributed by atoms with van der Waals surface area (Å²) in [5.74, 6) is -0.0124. The van der Waals surface area contributed by atoms with Crippen molar-refractivity contribution >= 4 is 38.8 Å². The maximum atomic E-state index is 12.8. The van der Waals surface area contributed by atoms with Crippen molar-refractivity contribution in [3.8, 4) is 0 Å². The highest BCUT2D eigenvalue weighted by Crippen LogP contribution is 2.29. The van der Waals surface area contributed by atoms with Gasteiger partial charge in [-0.25, -0.2) is 4.98 Å². The average Bonchev–Trinajstić information content (AvgIpc) is 3.21. The molecule has 1 amide bonds. The van der Waals surface area contributed by atoms with Crippen molar-refractivity contribution in [2.24, 2.45) is 0 Å². The van der Waals surface area contributed by atoms with Crippen molar-refractivity contribution in [3.05, 3.63) is 49.5 Å². The summed E-state index contributed by atoms with van der Waals surface area (Å²) in [4.78, 5) is 33.8. The molecule has 3 aromatic heterocycles. The summed E-state index contributed by atoms with van der Waals surface area (Å²) in [6.07, 6.45) is 3.60. The highest BCUT2D eigenvalue weighted by atomic mass is 32.1. The zero-order valence-electron chi connectivity index (χ0n) is 14.2. The molecule has 0 unspecified atom stereocenters. The molecule has 0 spiro atoms. The van der Waals surface area contributed by atoms with Crippen LogP contribution in [0.1, 0.15) is 28.8 Å². The zero-order chi connectivity index (χ0) is 17.6. The molecular weight excluding hydrogens is 354 g/mol. The van der Waals surface area contributed by atoms with Gasteiger partial charge in [0.15, 0.2) is 0 Å². The Morgan fingerprint density at radius 2 is 2.20 bits per heavy atom. The van der Waals surface area contributed by atoms with E-state index in [1.807, 2.05) is 30.2 Å². The van der Waals surface area contributed by atoms with Gasteiger partial charge in [-0.15, -0.1) is 11.3 Å². The first-order valence-corrected chi connectivity index (χ1v) is 10.1. The van der Waals surface area contributed by atoms with Crippen molar-refractivity contribution < 1.29 is 4.79 Å². The van der Waals surface area contributed by atoms with Crippen LogP contribution in [0.25, 0.3) is 10.2 Å². The number of fused-ring (bicyclic) bond motifs is 1. The predicted molar refractivity (Wildman–Crippen MR) is 101 cm³/mol. The molecule has 1 saturated carbocycles. The summed E-state index contributed by atoms with van der Waals surface area (Å²) in [6, 6.07) is 2.36. The quantitative estimate of drug-likeness (QED) is 0.689. The molecule has 130 valence electrons. The molecule has 0 aliphatic heterocycles. The first kappa shape index (κ1) is 16.5. The molecule has 1 aliphatic carbocycles. The van der Waals surface area contributed by atoms with Gasteiger partial charge < -0.3 is 4.90 Å². The van der Waals surface area contributed by atoms with Crippen molar-refractivity contribution in [1.29, 1.82) is 0 Å². The average molecular weight is 374 g/mol. The summed E-state index contributed by atoms with van der Waals surface area (Å²) < 4.78 is 1.45. The number of amides is 1. The first-order chi connectivity index (χ1) is 12.0. The van der Waals surface area contributed by atoms with Crippen molar-refractivity contribution in [2.75, 3.05) is 0 Å². The summed E-state index contributed by atoms with van der Waals surface area (Å²) >= 11 is 3.16. The highest BCUT2D eigenvalue weighted by molar-refractivity contribution is 7.18. The zero-order valence-corrected chi connectivity index (χ0v) is 15.8. The molecule has 7 heteroatoms. The van der Waals surface area contributed by atoms with Crippen LogP contribution in [0.2, 0.25) is 0 Å². The van der Waals surface area contributed by atoms with E-state index in [9.17, 15) is 9.59 Å². The number of carbonyl (C=O) groups is 1. The van der Waals surface area contributed by atoms with Gasteiger partial charge in [0.2, 0.25) is 5.91 Å². The van der Waals surface area contributed by atoms with Gasteiger partial charge in [0.25, 0.3) is 5.56 Å². The van der Waals surface area contributed by atoms with E-state index in [1.54, 1.807) is 11.3 Å². The van der Waals surface area contributed by atoms with Crippen LogP contribution < -0.4 is 5.56 Å². The molecule has 0 aromatic carbocycles. The Bertz CT molecular complexity index is 984. The fourth-order valence-corrected chi connectivity index (χ4v) is 4.65. The van der Waals surface area contributed by atoms with Gasteiger partial charge in [-0.2, -0.15) is 11.3 Å². The maximum absolute atomic E-state index is 12.8. The number of rotatable bonds is 5. The SMILES string of the molecule is Cc1sc2ncn(CC(=O)N(Cc3ccsc3)C3CC3)c(=O)c2c1C. The molecule has 0 N–H and O–H groups in total. The van der Waals surface area contributed by atoms with Crippen LogP contribution in [0, 0.1) is 13.8 Å². The second-order valence-electron chi connectivity index (χ2n) is 6.53. The second kappa shape index (κ2) is 6.38. The van der Waals surface area contributed by atoms with Crippen LogP contribution in [-0.2, 0) is 17.9 Å². The lowest BCUT2D eigenvalue weighted by Gasteiger charge is -2.22. The third kappa shape index (κ3) is 3.14. The molecule has 0 saturated heterocycles. The lowest BCUT2D eigenvalue weighted by Crippen LogP contribution is -2.37. The van der Waals surface area contributed by atoms with E-state index in [1.165, 1.54) is 22.2 Å². The van der Waals surface area contributed by atoms with Crippen LogP contribution >= 0.6 is 22.7 Å². The molecule has 1 aliphatic rings. The molecule has 0 radical (unpaired) electrons. The van der Waals surface area contributed by atoms with E-state index in [-0.39, 0.29) is 18.0 Å². The van der Waals surface area contributed by atoms with Gasteiger partial charge >= 0.3 is 0 Å². The number of aryl methyl sites for hydroxylation is 2. The number of nitrogens with zero attached hydrogens (tertiary/aromatic N) is 3. The summed E-state index contributed by atoms with van der Waals surface area (Å²) in [5, 5.41) is 4.74. The molecule has 0 atom stereocenters. The van der Waals surface area contributed by atoms with E-state index < -0.39 is 0 Å². The van der Waals surface area contributed by atoms with E-state index in [4.69, 9.17) is 0 Å². The summed E-state index contributed by atoms with van der Waals surface area (Å²) in [7, 11) is 0. The minimum absolute atomic E-state index is 0.0124. The van der Waals surface area contributed by atoms with Crippen molar-refractivity contribution in [1.82, 2.24) is 14.5 Å². The Hall–Kier alpha value is -1.99. The van der Waals surface area contributed by atoms with Crippen molar-refractivity contribution in [2.45, 2.75) is 45.8 Å². The van der Waals surface area contributed by atoms with E-state index in [0.717, 1.165) is 33.7 Å². The standard InChI is InChI=1S/C18H19N3O2S2/c1-11-12(2)25-17-16(11)18(23)20(10-19-17)8-15(22)21(14-3-4-14)7-13-5-6-24-9-13/h5-6,9-10,14H,3-4,7-8H2,1-2H3. The van der Waals surface area contributed by atoms with Crippen LogP contribution in [0.4, 0.5) is 0 Å². The fraction of sp³-hybridized carbons (Fsp3) is 0.389. The van der Waals surface area contributed by atoms with E-state index in [2.05, 4.69) is 10.4 Å². The van der Waals surface area contributed by atoms with Crippen LogP contribution in [0.3, 0.4) is 0 Å². The predicted octanol–water partition coefficient (Wildman–Crippen LogP) is 3.33. The highest BCUT2D eigenvalue weighted by Gasteiger charge is 2.32. The minimum atomic E-state index is -0.119. The number of thiophene rings is 2. The van der Waals surface area contributed by atoms with Gasteiger partial charge in [0.1, 0.15) is 11.4 Å². The number of carbonyl (C=O) groups excluding carboxylic acids is 1. The van der Waals surface area contributed by atoms with Gasteiger partial charge in [-0.1, -0.05) is 0 Å². The lowest BCUT2D eigenvalue weighted by molar-refractivity contribution is -0.133. The Morgan fingerprint density at radius 3 is 2.88 bits per heavy atom. The largest absolute Gasteiger partial charge is 0.334 e. The molecule has 3 heterocycles. The normalized spacial score (nSPS) is 14.2. The van der Waals surface area contributed by atoms with Crippen LogP contribution in [-0.4, -0.2) is 26.4 Å². The fourth-order valence-electron chi connectivity index (χ4n) is 3.01. The molecule has 0 bridgehead atoms. The monoisotopic (exact) mass is 373 g/mol. The third-order valence-electron chi connectivity index (χ3n) is 4.70. The lowest BCUT2D eigenvalue weighted by atomic mass is 10.2. The van der Waals surface area contributed by atoms with Crippen molar-refractivity contribution in [3.63, 3.8) is 0 Å².